The van der Waals surface area contributed by atoms with Crippen molar-refractivity contribution in [2.24, 2.45) is 7.05 Å². The Bertz CT molecular complexity index is 1010. The zero-order chi connectivity index (χ0) is 15.3. The zero-order valence-electron chi connectivity index (χ0n) is 12.5. The number of H-pyrrole nitrogens is 1. The van der Waals surface area contributed by atoms with Crippen LogP contribution in [0.1, 0.15) is 17.4 Å². The fraction of sp³-hybridized carbons (Fsp3) is 0.111. The molecule has 1 N–H and O–H groups in total. The first-order valence-electron chi connectivity index (χ1n) is 7.26. The summed E-state index contributed by atoms with van der Waals surface area (Å²) in [5, 5.41) is 0. The molecule has 4 aromatic rings. The topological polar surface area (TPSA) is 41.1 Å². The third kappa shape index (κ3) is 1.64. The van der Waals surface area contributed by atoms with Gasteiger partial charge in [0, 0.05) is 12.5 Å². The second kappa shape index (κ2) is 4.56. The summed E-state index contributed by atoms with van der Waals surface area (Å²) in [6, 6.07) is 18.1. The number of aromatic nitrogens is 3. The van der Waals surface area contributed by atoms with Gasteiger partial charge >= 0.3 is 5.78 Å². The van der Waals surface area contributed by atoms with E-state index < -0.39 is 0 Å². The molecule has 0 aliphatic heterocycles. The number of nitrogens with one attached hydrogen (secondary N) is 1. The van der Waals surface area contributed by atoms with Crippen molar-refractivity contribution in [2.45, 2.75) is 6.92 Å². The van der Waals surface area contributed by atoms with Crippen LogP contribution in [-0.2, 0) is 7.05 Å². The van der Waals surface area contributed by atoms with Crippen molar-refractivity contribution in [1.82, 2.24) is 9.38 Å². The Labute approximate surface area is 127 Å². The van der Waals surface area contributed by atoms with Gasteiger partial charge in [-0.15, -0.1) is 0 Å². The molecule has 0 saturated heterocycles. The third-order valence-electron chi connectivity index (χ3n) is 4.11. The second-order valence-electron chi connectivity index (χ2n) is 5.48. The molecule has 4 nitrogen and oxygen atoms in total. The molecule has 0 bridgehead atoms. The van der Waals surface area contributed by atoms with Gasteiger partial charge < -0.3 is 0 Å². The van der Waals surface area contributed by atoms with Crippen molar-refractivity contribution < 1.29 is 9.36 Å². The Hall–Kier alpha value is -2.88. The van der Waals surface area contributed by atoms with E-state index in [-0.39, 0.29) is 5.78 Å². The summed E-state index contributed by atoms with van der Waals surface area (Å²) in [4.78, 5) is 15.7. The molecule has 0 fully saturated rings. The highest BCUT2D eigenvalue weighted by Gasteiger charge is 2.28. The minimum Gasteiger partial charge on any atom is -0.291 e. The summed E-state index contributed by atoms with van der Waals surface area (Å²) in [5.41, 5.74) is 4.70. The molecule has 4 rings (SSSR count). The lowest BCUT2D eigenvalue weighted by atomic mass is 10.1. The van der Waals surface area contributed by atoms with E-state index in [1.54, 1.807) is 6.92 Å². The van der Waals surface area contributed by atoms with E-state index in [2.05, 4.69) is 15.6 Å². The van der Waals surface area contributed by atoms with Gasteiger partial charge in [0.15, 0.2) is 11.5 Å². The second-order valence-corrected chi connectivity index (χ2v) is 5.48. The van der Waals surface area contributed by atoms with Gasteiger partial charge in [-0.05, 0) is 12.1 Å². The number of nitrogens with zero attached hydrogens (tertiary/aromatic N) is 2. The monoisotopic (exact) mass is 290 g/mol. The van der Waals surface area contributed by atoms with Crippen LogP contribution in [0.2, 0.25) is 0 Å². The zero-order valence-corrected chi connectivity index (χ0v) is 12.5. The normalized spacial score (nSPS) is 11.4. The number of imidazole rings is 2. The number of aryl methyl sites for hydroxylation is 1. The largest absolute Gasteiger partial charge is 0.368 e. The van der Waals surface area contributed by atoms with Crippen LogP contribution in [0.15, 0.2) is 54.6 Å². The van der Waals surface area contributed by atoms with Gasteiger partial charge in [-0.2, -0.15) is 4.40 Å². The molecule has 0 aliphatic carbocycles. The van der Waals surface area contributed by atoms with E-state index >= 15 is 0 Å². The highest BCUT2D eigenvalue weighted by Crippen LogP contribution is 2.27. The quantitative estimate of drug-likeness (QED) is 0.447. The number of fused-ring (bicyclic) bond motifs is 3. The molecule has 108 valence electrons. The number of rotatable bonds is 2. The number of hydrogen-bond donors (Lipinski definition) is 1. The molecule has 0 radical (unpaired) electrons. The predicted molar refractivity (Wildman–Crippen MR) is 85.9 cm³/mol. The number of Topliss-reactive ketones (excluding diaryl/α,β-unsaturated/α-hetero) is 1. The van der Waals surface area contributed by atoms with Crippen LogP contribution >= 0.6 is 0 Å². The first-order valence-corrected chi connectivity index (χ1v) is 7.26. The average Bonchev–Trinajstić information content (AvgIpc) is 3.06. The maximum absolute atomic E-state index is 12.3. The maximum Gasteiger partial charge on any atom is 0.368 e. The fourth-order valence-corrected chi connectivity index (χ4v) is 3.11. The van der Waals surface area contributed by atoms with Crippen molar-refractivity contribution in [2.75, 3.05) is 0 Å². The van der Waals surface area contributed by atoms with Crippen molar-refractivity contribution >= 4 is 22.6 Å². The van der Waals surface area contributed by atoms with Gasteiger partial charge in [-0.1, -0.05) is 42.5 Å². The Balaban J connectivity index is 2.19. The Morgan fingerprint density at radius 2 is 1.73 bits per heavy atom. The Morgan fingerprint density at radius 1 is 1.05 bits per heavy atom. The number of hydrogen-bond acceptors (Lipinski definition) is 1. The summed E-state index contributed by atoms with van der Waals surface area (Å²) in [6.07, 6.45) is 0. The molecule has 22 heavy (non-hydrogen) atoms. The number of aromatic amines is 1. The van der Waals surface area contributed by atoms with Crippen LogP contribution < -0.4 is 4.57 Å². The molecule has 0 amide bonds. The SMILES string of the molecule is CC(=O)c1c(-c2ccccc2)[nH]c2n1c1ccccc1[n+]2C. The van der Waals surface area contributed by atoms with E-state index in [9.17, 15) is 4.79 Å². The maximum atomic E-state index is 12.3. The summed E-state index contributed by atoms with van der Waals surface area (Å²) in [5.74, 6) is 0.955. The molecule has 2 aromatic heterocycles. The molecule has 0 aliphatic rings. The van der Waals surface area contributed by atoms with Crippen LogP contribution in [-0.4, -0.2) is 15.2 Å². The third-order valence-corrected chi connectivity index (χ3v) is 4.11. The van der Waals surface area contributed by atoms with Gasteiger partial charge in [0.05, 0.1) is 7.05 Å². The first kappa shape index (κ1) is 12.8. The van der Waals surface area contributed by atoms with Crippen LogP contribution in [0, 0.1) is 0 Å². The Morgan fingerprint density at radius 3 is 2.45 bits per heavy atom. The highest BCUT2D eigenvalue weighted by atomic mass is 16.1. The van der Waals surface area contributed by atoms with Gasteiger partial charge in [-0.25, -0.2) is 9.55 Å². The van der Waals surface area contributed by atoms with Crippen molar-refractivity contribution in [1.29, 1.82) is 0 Å². The number of carbonyl (C=O) groups is 1. The van der Waals surface area contributed by atoms with E-state index in [1.807, 2.05) is 60.0 Å². The number of benzene rings is 2. The van der Waals surface area contributed by atoms with E-state index in [1.165, 1.54) is 0 Å². The summed E-state index contributed by atoms with van der Waals surface area (Å²) in [7, 11) is 2.01. The van der Waals surface area contributed by atoms with Gasteiger partial charge in [0.2, 0.25) is 0 Å². The highest BCUT2D eigenvalue weighted by molar-refractivity contribution is 6.00. The number of para-hydroxylation sites is 2. The molecule has 2 aromatic carbocycles. The average molecular weight is 290 g/mol. The lowest BCUT2D eigenvalue weighted by molar-refractivity contribution is -0.620. The fourth-order valence-electron chi connectivity index (χ4n) is 3.11. The summed E-state index contributed by atoms with van der Waals surface area (Å²) < 4.78 is 4.09. The molecule has 0 unspecified atom stereocenters. The van der Waals surface area contributed by atoms with Crippen molar-refractivity contribution in [3.05, 3.63) is 60.3 Å². The summed E-state index contributed by atoms with van der Waals surface area (Å²) >= 11 is 0. The lowest BCUT2D eigenvalue weighted by Crippen LogP contribution is -2.27. The van der Waals surface area contributed by atoms with Crippen LogP contribution in [0.25, 0.3) is 28.1 Å². The number of carbonyl (C=O) groups excluding carboxylic acids is 1. The predicted octanol–water partition coefficient (Wildman–Crippen LogP) is 3.11. The van der Waals surface area contributed by atoms with Crippen molar-refractivity contribution in [3.63, 3.8) is 0 Å². The van der Waals surface area contributed by atoms with Crippen LogP contribution in [0.5, 0.6) is 0 Å². The minimum absolute atomic E-state index is 0.0476. The van der Waals surface area contributed by atoms with Crippen molar-refractivity contribution in [3.8, 4) is 11.3 Å². The first-order chi connectivity index (χ1) is 10.7. The molecular formula is C18H16N3O+. The van der Waals surface area contributed by atoms with E-state index in [0.717, 1.165) is 28.1 Å². The van der Waals surface area contributed by atoms with E-state index in [4.69, 9.17) is 0 Å². The Kier molecular flexibility index (Phi) is 2.66. The molecule has 0 atom stereocenters. The minimum atomic E-state index is 0.0476. The van der Waals surface area contributed by atoms with E-state index in [0.29, 0.717) is 5.69 Å². The molecular weight excluding hydrogens is 274 g/mol. The summed E-state index contributed by atoms with van der Waals surface area (Å²) in [6.45, 7) is 1.61. The molecule has 0 spiro atoms. The molecule has 2 heterocycles. The van der Waals surface area contributed by atoms with Gasteiger partial charge in [0.1, 0.15) is 16.7 Å². The number of ketones is 1. The van der Waals surface area contributed by atoms with Crippen LogP contribution in [0.3, 0.4) is 0 Å². The lowest BCUT2D eigenvalue weighted by Gasteiger charge is -1.98. The standard InChI is InChI=1S/C18H15N3O/c1-12(22)17-16(13-8-4-3-5-9-13)19-18-20(2)14-10-6-7-11-15(14)21(17)18/h3-11H,1-2H3/p+1. The molecule has 4 heteroatoms. The molecule has 0 saturated carbocycles. The van der Waals surface area contributed by atoms with Gasteiger partial charge in [0.25, 0.3) is 0 Å². The smallest absolute Gasteiger partial charge is 0.291 e. The van der Waals surface area contributed by atoms with Crippen LogP contribution in [0.4, 0.5) is 0 Å². The van der Waals surface area contributed by atoms with Gasteiger partial charge in [-0.3, -0.25) is 4.79 Å².